The Morgan fingerprint density at radius 1 is 1.60 bits per heavy atom. The summed E-state index contributed by atoms with van der Waals surface area (Å²) in [5, 5.41) is 10.9. The normalized spacial score (nSPS) is 28.0. The van der Waals surface area contributed by atoms with Gasteiger partial charge in [0.15, 0.2) is 5.79 Å². The van der Waals surface area contributed by atoms with Crippen molar-refractivity contribution < 1.29 is 9.47 Å². The highest BCUT2D eigenvalue weighted by Crippen LogP contribution is 2.34. The van der Waals surface area contributed by atoms with E-state index in [4.69, 9.17) is 21.1 Å². The lowest BCUT2D eigenvalue weighted by atomic mass is 10.2. The lowest BCUT2D eigenvalue weighted by Crippen LogP contribution is -2.58. The number of aromatic nitrogens is 2. The van der Waals surface area contributed by atoms with Gasteiger partial charge in [-0.05, 0) is 26.0 Å². The summed E-state index contributed by atoms with van der Waals surface area (Å²) in [6.07, 6.45) is 6.40. The van der Waals surface area contributed by atoms with Crippen LogP contribution in [0.2, 0.25) is 5.02 Å². The van der Waals surface area contributed by atoms with E-state index in [-0.39, 0.29) is 6.10 Å². The van der Waals surface area contributed by atoms with E-state index < -0.39 is 5.79 Å². The smallest absolute Gasteiger partial charge is 0.182 e. The van der Waals surface area contributed by atoms with Crippen LogP contribution in [0, 0.1) is 0 Å². The lowest BCUT2D eigenvalue weighted by Gasteiger charge is -2.38. The van der Waals surface area contributed by atoms with E-state index in [2.05, 4.69) is 40.8 Å². The molecule has 2 atom stereocenters. The van der Waals surface area contributed by atoms with Crippen molar-refractivity contribution in [2.45, 2.75) is 45.0 Å². The van der Waals surface area contributed by atoms with Crippen molar-refractivity contribution in [3.8, 4) is 0 Å². The minimum absolute atomic E-state index is 0.0618. The first kappa shape index (κ1) is 18.7. The molecule has 0 amide bonds. The fourth-order valence-electron chi connectivity index (χ4n) is 3.60. The number of allylic oxidation sites excluding steroid dienone is 1. The van der Waals surface area contributed by atoms with Gasteiger partial charge in [-0.25, -0.2) is 9.69 Å². The van der Waals surface area contributed by atoms with Gasteiger partial charge in [0.05, 0.1) is 24.4 Å². The fourth-order valence-corrected chi connectivity index (χ4v) is 3.82. The number of hydrogen-bond donors (Lipinski definition) is 2. The summed E-state index contributed by atoms with van der Waals surface area (Å²) in [5.41, 5.74) is 4.08. The SMILES string of the molecule is CC/C=C(/O[C@@H]1CCOC1)c1c(Cl)cnn1C1(CC)NCCN1NC. The zero-order valence-corrected chi connectivity index (χ0v) is 16.0. The van der Waals surface area contributed by atoms with E-state index in [1.807, 2.05) is 11.7 Å². The summed E-state index contributed by atoms with van der Waals surface area (Å²) in [7, 11) is 1.93. The van der Waals surface area contributed by atoms with Gasteiger partial charge >= 0.3 is 0 Å². The zero-order valence-electron chi connectivity index (χ0n) is 15.2. The van der Waals surface area contributed by atoms with E-state index in [1.54, 1.807) is 6.20 Å². The maximum atomic E-state index is 6.55. The monoisotopic (exact) mass is 369 g/mol. The Morgan fingerprint density at radius 2 is 2.44 bits per heavy atom. The second-order valence-corrected chi connectivity index (χ2v) is 6.71. The zero-order chi connectivity index (χ0) is 17.9. The molecule has 0 aliphatic carbocycles. The molecule has 2 aliphatic rings. The van der Waals surface area contributed by atoms with Crippen LogP contribution in [-0.4, -0.2) is 54.2 Å². The highest BCUT2D eigenvalue weighted by molar-refractivity contribution is 6.32. The summed E-state index contributed by atoms with van der Waals surface area (Å²) in [6.45, 7) is 7.34. The lowest BCUT2D eigenvalue weighted by molar-refractivity contribution is -0.0134. The molecule has 3 heterocycles. The Balaban J connectivity index is 2.00. The highest BCUT2D eigenvalue weighted by Gasteiger charge is 2.44. The van der Waals surface area contributed by atoms with Gasteiger partial charge in [0.2, 0.25) is 0 Å². The summed E-state index contributed by atoms with van der Waals surface area (Å²) in [4.78, 5) is 0. The second-order valence-electron chi connectivity index (χ2n) is 6.31. The van der Waals surface area contributed by atoms with E-state index in [0.29, 0.717) is 11.6 Å². The van der Waals surface area contributed by atoms with E-state index >= 15 is 0 Å². The van der Waals surface area contributed by atoms with Gasteiger partial charge in [-0.15, -0.1) is 0 Å². The van der Waals surface area contributed by atoms with Crippen LogP contribution in [0.15, 0.2) is 12.3 Å². The minimum Gasteiger partial charge on any atom is -0.486 e. The molecular formula is C17H28ClN5O2. The molecule has 7 nitrogen and oxygen atoms in total. The van der Waals surface area contributed by atoms with E-state index in [9.17, 15) is 0 Å². The highest BCUT2D eigenvalue weighted by atomic mass is 35.5. The summed E-state index contributed by atoms with van der Waals surface area (Å²) in [6, 6.07) is 0. The number of nitrogens with zero attached hydrogens (tertiary/aromatic N) is 3. The summed E-state index contributed by atoms with van der Waals surface area (Å²) >= 11 is 6.55. The molecule has 25 heavy (non-hydrogen) atoms. The molecule has 2 saturated heterocycles. The first-order valence-electron chi connectivity index (χ1n) is 9.05. The fraction of sp³-hybridized carbons (Fsp3) is 0.706. The Bertz CT molecular complexity index is 614. The number of ether oxygens (including phenoxy) is 2. The average molecular weight is 370 g/mol. The molecule has 8 heteroatoms. The summed E-state index contributed by atoms with van der Waals surface area (Å²) in [5.74, 6) is 0.303. The first-order chi connectivity index (χ1) is 12.2. The van der Waals surface area contributed by atoms with Crippen molar-refractivity contribution in [2.75, 3.05) is 33.4 Å². The Morgan fingerprint density at radius 3 is 3.08 bits per heavy atom. The first-order valence-corrected chi connectivity index (χ1v) is 9.43. The van der Waals surface area contributed by atoms with Crippen molar-refractivity contribution in [2.24, 2.45) is 0 Å². The van der Waals surface area contributed by atoms with Gasteiger partial charge in [0.25, 0.3) is 0 Å². The van der Waals surface area contributed by atoms with Crippen LogP contribution in [0.25, 0.3) is 5.76 Å². The topological polar surface area (TPSA) is 63.6 Å². The number of hydrazine groups is 1. The molecule has 0 aromatic carbocycles. The molecule has 2 N–H and O–H groups in total. The molecule has 2 aliphatic heterocycles. The Hall–Kier alpha value is -1.12. The van der Waals surface area contributed by atoms with Crippen molar-refractivity contribution in [3.05, 3.63) is 23.0 Å². The van der Waals surface area contributed by atoms with Crippen molar-refractivity contribution in [1.82, 2.24) is 25.5 Å². The number of hydrogen-bond acceptors (Lipinski definition) is 6. The van der Waals surface area contributed by atoms with Gasteiger partial charge in [0.1, 0.15) is 17.6 Å². The third kappa shape index (κ3) is 3.44. The number of nitrogens with one attached hydrogen (secondary N) is 2. The van der Waals surface area contributed by atoms with Gasteiger partial charge in [0, 0.05) is 19.5 Å². The minimum atomic E-state index is -0.473. The molecule has 2 fully saturated rings. The Labute approximate surface area is 154 Å². The van der Waals surface area contributed by atoms with Crippen LogP contribution >= 0.6 is 11.6 Å². The van der Waals surface area contributed by atoms with Crippen molar-refractivity contribution >= 4 is 17.4 Å². The van der Waals surface area contributed by atoms with E-state index in [1.165, 1.54) is 0 Å². The van der Waals surface area contributed by atoms with Gasteiger partial charge in [-0.2, -0.15) is 5.10 Å². The van der Waals surface area contributed by atoms with Crippen LogP contribution in [0.3, 0.4) is 0 Å². The predicted molar refractivity (Wildman–Crippen MR) is 97.8 cm³/mol. The molecule has 3 rings (SSSR count). The molecule has 1 unspecified atom stereocenters. The quantitative estimate of drug-likeness (QED) is 0.718. The largest absolute Gasteiger partial charge is 0.486 e. The van der Waals surface area contributed by atoms with Gasteiger partial charge in [-0.3, -0.25) is 10.7 Å². The maximum Gasteiger partial charge on any atom is 0.182 e. The van der Waals surface area contributed by atoms with Crippen LogP contribution in [0.4, 0.5) is 0 Å². The molecule has 0 saturated carbocycles. The van der Waals surface area contributed by atoms with Crippen molar-refractivity contribution in [3.63, 3.8) is 0 Å². The number of rotatable bonds is 7. The van der Waals surface area contributed by atoms with Crippen molar-refractivity contribution in [1.29, 1.82) is 0 Å². The number of halogens is 1. The molecule has 0 bridgehead atoms. The van der Waals surface area contributed by atoms with Crippen LogP contribution in [-0.2, 0) is 15.3 Å². The maximum absolute atomic E-state index is 6.55. The van der Waals surface area contributed by atoms with Gasteiger partial charge in [-0.1, -0.05) is 25.4 Å². The van der Waals surface area contributed by atoms with Crippen LogP contribution in [0.1, 0.15) is 38.8 Å². The predicted octanol–water partition coefficient (Wildman–Crippen LogP) is 2.15. The molecule has 140 valence electrons. The van der Waals surface area contributed by atoms with Gasteiger partial charge < -0.3 is 9.47 Å². The third-order valence-corrected chi connectivity index (χ3v) is 5.11. The molecular weight excluding hydrogens is 342 g/mol. The van der Waals surface area contributed by atoms with Crippen LogP contribution < -0.4 is 10.7 Å². The summed E-state index contributed by atoms with van der Waals surface area (Å²) < 4.78 is 13.7. The second kappa shape index (κ2) is 8.05. The van der Waals surface area contributed by atoms with E-state index in [0.717, 1.165) is 50.4 Å². The molecule has 1 aromatic heterocycles. The average Bonchev–Trinajstić information content (AvgIpc) is 3.33. The molecule has 1 aromatic rings. The Kier molecular flexibility index (Phi) is 6.01. The van der Waals surface area contributed by atoms with Crippen LogP contribution in [0.5, 0.6) is 0 Å². The standard InChI is InChI=1S/C17H28ClN5O2/c1-4-6-15(25-13-7-10-24-12-13)16-14(18)11-21-23(16)17(5-2)20-8-9-22(17)19-3/h6,11,13,19-20H,4-5,7-10,12H2,1-3H3/b15-6+/t13-,17?/m1/s1. The molecule has 0 spiro atoms. The molecule has 0 radical (unpaired) electrons. The third-order valence-electron chi connectivity index (χ3n) is 4.83.